The molecule has 1 aromatic carbocycles. The third kappa shape index (κ3) is 5.95. The maximum absolute atomic E-state index is 5.96. The zero-order valence-electron chi connectivity index (χ0n) is 10.3. The first kappa shape index (κ1) is 17.1. The molecule has 0 fully saturated rings. The smallest absolute Gasteiger partial charge is 0.340 e. The molecule has 0 saturated carbocycles. The van der Waals surface area contributed by atoms with E-state index in [0.29, 0.717) is 0 Å². The summed E-state index contributed by atoms with van der Waals surface area (Å²) in [5.41, 5.74) is 1.92. The summed E-state index contributed by atoms with van der Waals surface area (Å²) in [5.74, 6) is 0. The number of hydrogen-bond donors (Lipinski definition) is 0. The Kier molecular flexibility index (Phi) is 8.96. The van der Waals surface area contributed by atoms with Crippen LogP contribution in [0.15, 0.2) is 24.3 Å². The fraction of sp³-hybridized carbons (Fsp3) is 0.429. The van der Waals surface area contributed by atoms with Crippen molar-refractivity contribution in [2.75, 3.05) is 0 Å². The zero-order valence-corrected chi connectivity index (χ0v) is 13.2. The molecule has 0 N–H and O–H groups in total. The fourth-order valence-corrected chi connectivity index (χ4v) is 0.965. The van der Waals surface area contributed by atoms with Crippen molar-refractivity contribution in [1.29, 1.82) is 0 Å². The van der Waals surface area contributed by atoms with Gasteiger partial charge in [0.1, 0.15) is 0 Å². The first-order chi connectivity index (χ1) is 6.52. The van der Waals surface area contributed by atoms with Crippen LogP contribution in [0.25, 0.3) is 5.57 Å². The molecule has 0 nitrogen and oxygen atoms in total. The van der Waals surface area contributed by atoms with E-state index >= 15 is 0 Å². The van der Waals surface area contributed by atoms with Gasteiger partial charge in [-0.3, -0.25) is 5.57 Å². The molecular formula is C14H20W. The van der Waals surface area contributed by atoms with Crippen LogP contribution < -0.4 is 0 Å². The molecule has 0 aliphatic rings. The van der Waals surface area contributed by atoms with Gasteiger partial charge < -0.3 is 12.1 Å². The predicted octanol–water partition coefficient (Wildman–Crippen LogP) is 4.37. The van der Waals surface area contributed by atoms with E-state index in [-0.39, 0.29) is 26.5 Å². The van der Waals surface area contributed by atoms with Crippen LogP contribution in [0.4, 0.5) is 0 Å². The van der Waals surface area contributed by atoms with Crippen LogP contribution in [0.3, 0.4) is 0 Å². The average Bonchev–Trinajstić information content (AvgIpc) is 2.20. The van der Waals surface area contributed by atoms with E-state index in [1.54, 1.807) is 0 Å². The first-order valence-electron chi connectivity index (χ1n) is 5.12. The average molecular weight is 372 g/mol. The second-order valence-corrected chi connectivity index (χ2v) is 3.94. The van der Waals surface area contributed by atoms with Gasteiger partial charge in [0, 0.05) is 0 Å². The second-order valence-electron chi connectivity index (χ2n) is 3.94. The largest absolute Gasteiger partial charge is 2.00 e. The Morgan fingerprint density at radius 3 is 2.07 bits per heavy atom. The summed E-state index contributed by atoms with van der Waals surface area (Å²) in [6.07, 6.45) is 0. The minimum atomic E-state index is 0. The Labute approximate surface area is 109 Å². The first-order valence-corrected chi connectivity index (χ1v) is 5.12. The molecule has 0 heterocycles. The molecule has 0 radical (unpaired) electrons. The van der Waals surface area contributed by atoms with E-state index in [4.69, 9.17) is 6.58 Å². The molecule has 82 valence electrons. The van der Waals surface area contributed by atoms with Gasteiger partial charge in [-0.15, -0.1) is 6.07 Å². The topological polar surface area (TPSA) is 0 Å². The zero-order chi connectivity index (χ0) is 11.2. The van der Waals surface area contributed by atoms with Crippen LogP contribution in [-0.4, -0.2) is 0 Å². The quantitative estimate of drug-likeness (QED) is 0.643. The van der Waals surface area contributed by atoms with Gasteiger partial charge in [0.15, 0.2) is 0 Å². The Hall–Kier alpha value is -0.352. The molecule has 15 heavy (non-hydrogen) atoms. The summed E-state index contributed by atoms with van der Waals surface area (Å²) in [6, 6.07) is 10.9. The molecule has 0 amide bonds. The van der Waals surface area contributed by atoms with Gasteiger partial charge in [-0.05, 0) is 0 Å². The third-order valence-electron chi connectivity index (χ3n) is 1.81. The predicted molar refractivity (Wildman–Crippen MR) is 63.8 cm³/mol. The van der Waals surface area contributed by atoms with Gasteiger partial charge >= 0.3 is 21.1 Å². The maximum atomic E-state index is 5.96. The molecule has 0 aliphatic carbocycles. The van der Waals surface area contributed by atoms with E-state index in [0.717, 1.165) is 11.1 Å². The maximum Gasteiger partial charge on any atom is 2.00 e. The standard InChI is InChI=1S/C12H14.C2H6.W/c1-10(12(2,3)4)11-8-6-5-7-9-11;1-2;/h1,5-8H,2-4H3;1-2H3;/q-2;;+2. The van der Waals surface area contributed by atoms with Crippen molar-refractivity contribution in [3.63, 3.8) is 0 Å². The number of rotatable bonds is 1. The second kappa shape index (κ2) is 7.88. The molecule has 0 saturated heterocycles. The molecule has 0 bridgehead atoms. The van der Waals surface area contributed by atoms with E-state index in [1.807, 2.05) is 38.1 Å². The van der Waals surface area contributed by atoms with Crippen molar-refractivity contribution in [3.8, 4) is 0 Å². The van der Waals surface area contributed by atoms with Crippen molar-refractivity contribution in [2.24, 2.45) is 5.41 Å². The van der Waals surface area contributed by atoms with Gasteiger partial charge in [0.2, 0.25) is 0 Å². The summed E-state index contributed by atoms with van der Waals surface area (Å²) in [5, 5.41) is 0. The minimum Gasteiger partial charge on any atom is -0.340 e. The van der Waals surface area contributed by atoms with E-state index < -0.39 is 0 Å². The van der Waals surface area contributed by atoms with Crippen molar-refractivity contribution in [3.05, 3.63) is 42.5 Å². The summed E-state index contributed by atoms with van der Waals surface area (Å²) in [6.45, 7) is 16.3. The molecule has 1 aromatic rings. The van der Waals surface area contributed by atoms with Crippen molar-refractivity contribution >= 4 is 5.57 Å². The van der Waals surface area contributed by atoms with Crippen LogP contribution in [0.5, 0.6) is 0 Å². The van der Waals surface area contributed by atoms with Crippen LogP contribution in [0.1, 0.15) is 40.2 Å². The molecule has 1 heteroatoms. The monoisotopic (exact) mass is 372 g/mol. The Bertz CT molecular complexity index is 267. The van der Waals surface area contributed by atoms with Gasteiger partial charge in [0.05, 0.1) is 0 Å². The Balaban J connectivity index is 0. The Morgan fingerprint density at radius 1 is 1.20 bits per heavy atom. The van der Waals surface area contributed by atoms with Crippen molar-refractivity contribution in [2.45, 2.75) is 34.6 Å². The van der Waals surface area contributed by atoms with Crippen LogP contribution in [0, 0.1) is 18.1 Å². The molecule has 1 rings (SSSR count). The van der Waals surface area contributed by atoms with Gasteiger partial charge in [-0.1, -0.05) is 40.0 Å². The molecule has 0 unspecified atom stereocenters. The van der Waals surface area contributed by atoms with Crippen molar-refractivity contribution in [1.82, 2.24) is 0 Å². The molecule has 0 aliphatic heterocycles. The summed E-state index contributed by atoms with van der Waals surface area (Å²) >= 11 is 0. The normalized spacial score (nSPS) is 9.40. The molecular weight excluding hydrogens is 352 g/mol. The third-order valence-corrected chi connectivity index (χ3v) is 1.81. The molecule has 0 atom stereocenters. The van der Waals surface area contributed by atoms with E-state index in [1.165, 1.54) is 0 Å². The molecule has 0 aromatic heterocycles. The minimum absolute atomic E-state index is 0. The molecule has 0 spiro atoms. The summed E-state index contributed by atoms with van der Waals surface area (Å²) in [7, 11) is 0. The van der Waals surface area contributed by atoms with Crippen LogP contribution in [0.2, 0.25) is 0 Å². The van der Waals surface area contributed by atoms with Crippen LogP contribution in [-0.2, 0) is 21.1 Å². The van der Waals surface area contributed by atoms with Crippen LogP contribution >= 0.6 is 0 Å². The van der Waals surface area contributed by atoms with Crippen molar-refractivity contribution < 1.29 is 21.1 Å². The van der Waals surface area contributed by atoms with E-state index in [9.17, 15) is 0 Å². The SMILES string of the molecule is CC.[CH-]=C(c1[c-]cccc1)C(C)(C)C.[W+2]. The van der Waals surface area contributed by atoms with E-state index in [2.05, 4.69) is 26.8 Å². The number of allylic oxidation sites excluding steroid dienone is 1. The fourth-order valence-electron chi connectivity index (χ4n) is 0.965. The van der Waals surface area contributed by atoms with Gasteiger partial charge in [-0.2, -0.15) is 12.1 Å². The van der Waals surface area contributed by atoms with Gasteiger partial charge in [-0.25, -0.2) is 12.1 Å². The summed E-state index contributed by atoms with van der Waals surface area (Å²) in [4.78, 5) is 0. The Morgan fingerprint density at radius 2 is 1.73 bits per heavy atom. The summed E-state index contributed by atoms with van der Waals surface area (Å²) < 4.78 is 0. The van der Waals surface area contributed by atoms with Gasteiger partial charge in [0.25, 0.3) is 0 Å². The number of benzene rings is 1. The number of hydrogen-bond acceptors (Lipinski definition) is 0.